The van der Waals surface area contributed by atoms with E-state index in [4.69, 9.17) is 4.74 Å². The molecule has 0 aromatic carbocycles. The molecule has 0 atom stereocenters. The number of aromatic nitrogens is 2. The number of hydrogen-bond acceptors (Lipinski definition) is 3. The van der Waals surface area contributed by atoms with Gasteiger partial charge >= 0.3 is 0 Å². The predicted molar refractivity (Wildman–Crippen MR) is 71.5 cm³/mol. The molecule has 17 heavy (non-hydrogen) atoms. The largest absolute Gasteiger partial charge is 0.381 e. The molecule has 1 aromatic rings. The molecule has 0 saturated carbocycles. The Bertz CT molecular complexity index is 435. The standard InChI is InChI=1S/C12H19BrN2O2/c1-5-17-7-6-8-14-10(12(2,3)4)9(13)11(16)15-8/h5-7H2,1-4H3,(H,14,15,16). The van der Waals surface area contributed by atoms with Crippen molar-refractivity contribution in [2.75, 3.05) is 13.2 Å². The molecule has 0 amide bonds. The van der Waals surface area contributed by atoms with Crippen molar-refractivity contribution in [2.45, 2.75) is 39.5 Å². The van der Waals surface area contributed by atoms with Crippen LogP contribution in [0.5, 0.6) is 0 Å². The first-order valence-corrected chi connectivity index (χ1v) is 6.52. The van der Waals surface area contributed by atoms with Gasteiger partial charge in [-0.05, 0) is 22.9 Å². The number of ether oxygens (including phenoxy) is 1. The van der Waals surface area contributed by atoms with E-state index in [1.807, 2.05) is 27.7 Å². The fraction of sp³-hybridized carbons (Fsp3) is 0.667. The lowest BCUT2D eigenvalue weighted by molar-refractivity contribution is 0.149. The maximum atomic E-state index is 11.8. The van der Waals surface area contributed by atoms with Gasteiger partial charge in [-0.2, -0.15) is 0 Å². The monoisotopic (exact) mass is 302 g/mol. The zero-order chi connectivity index (χ0) is 13.1. The average Bonchev–Trinajstić information content (AvgIpc) is 2.21. The molecule has 0 fully saturated rings. The quantitative estimate of drug-likeness (QED) is 0.869. The van der Waals surface area contributed by atoms with Gasteiger partial charge in [0.2, 0.25) is 0 Å². The summed E-state index contributed by atoms with van der Waals surface area (Å²) in [5.41, 5.74) is 0.497. The van der Waals surface area contributed by atoms with Crippen molar-refractivity contribution in [1.29, 1.82) is 0 Å². The van der Waals surface area contributed by atoms with Crippen molar-refractivity contribution >= 4 is 15.9 Å². The number of nitrogens with one attached hydrogen (secondary N) is 1. The lowest BCUT2D eigenvalue weighted by atomic mass is 9.92. The molecule has 4 nitrogen and oxygen atoms in total. The minimum Gasteiger partial charge on any atom is -0.381 e. The van der Waals surface area contributed by atoms with Gasteiger partial charge in [-0.3, -0.25) is 4.79 Å². The van der Waals surface area contributed by atoms with E-state index in [0.29, 0.717) is 29.9 Å². The van der Waals surface area contributed by atoms with Crippen LogP contribution in [0.4, 0.5) is 0 Å². The number of nitrogens with zero attached hydrogens (tertiary/aromatic N) is 1. The van der Waals surface area contributed by atoms with Crippen LogP contribution in [0.3, 0.4) is 0 Å². The van der Waals surface area contributed by atoms with E-state index >= 15 is 0 Å². The lowest BCUT2D eigenvalue weighted by Crippen LogP contribution is -2.24. The van der Waals surface area contributed by atoms with Crippen LogP contribution in [0, 0.1) is 0 Å². The van der Waals surface area contributed by atoms with E-state index in [2.05, 4.69) is 25.9 Å². The summed E-state index contributed by atoms with van der Waals surface area (Å²) in [6.07, 6.45) is 0.624. The second kappa shape index (κ2) is 5.78. The Morgan fingerprint density at radius 2 is 2.06 bits per heavy atom. The minimum atomic E-state index is -0.159. The highest BCUT2D eigenvalue weighted by molar-refractivity contribution is 9.10. The first-order chi connectivity index (χ1) is 7.86. The summed E-state index contributed by atoms with van der Waals surface area (Å²) in [5, 5.41) is 0. The number of H-pyrrole nitrogens is 1. The number of aromatic amines is 1. The summed E-state index contributed by atoms with van der Waals surface area (Å²) >= 11 is 3.29. The Morgan fingerprint density at radius 1 is 1.41 bits per heavy atom. The van der Waals surface area contributed by atoms with Crippen LogP contribution >= 0.6 is 15.9 Å². The molecule has 0 radical (unpaired) electrons. The van der Waals surface area contributed by atoms with Crippen molar-refractivity contribution in [3.8, 4) is 0 Å². The van der Waals surface area contributed by atoms with Crippen molar-refractivity contribution in [3.05, 3.63) is 26.3 Å². The number of rotatable bonds is 4. The third-order valence-corrected chi connectivity index (χ3v) is 3.05. The van der Waals surface area contributed by atoms with Gasteiger partial charge in [-0.15, -0.1) is 0 Å². The Morgan fingerprint density at radius 3 is 2.59 bits per heavy atom. The molecule has 0 bridgehead atoms. The lowest BCUT2D eigenvalue weighted by Gasteiger charge is -2.19. The van der Waals surface area contributed by atoms with E-state index in [1.165, 1.54) is 0 Å². The maximum absolute atomic E-state index is 11.8. The Kier molecular flexibility index (Phi) is 4.89. The van der Waals surface area contributed by atoms with Gasteiger partial charge in [0.05, 0.1) is 12.3 Å². The van der Waals surface area contributed by atoms with E-state index in [1.54, 1.807) is 0 Å². The molecule has 0 aliphatic heterocycles. The fourth-order valence-corrected chi connectivity index (χ4v) is 2.22. The van der Waals surface area contributed by atoms with Crippen LogP contribution in [0.25, 0.3) is 0 Å². The van der Waals surface area contributed by atoms with Crippen molar-refractivity contribution in [3.63, 3.8) is 0 Å². The first kappa shape index (κ1) is 14.4. The SMILES string of the molecule is CCOCCc1nc(C(C)(C)C)c(Br)c(=O)[nH]1. The summed E-state index contributed by atoms with van der Waals surface area (Å²) in [7, 11) is 0. The zero-order valence-corrected chi connectivity index (χ0v) is 12.3. The third-order valence-electron chi connectivity index (χ3n) is 2.31. The highest BCUT2D eigenvalue weighted by Crippen LogP contribution is 2.25. The second-order valence-electron chi connectivity index (χ2n) is 4.87. The smallest absolute Gasteiger partial charge is 0.265 e. The van der Waals surface area contributed by atoms with Gasteiger partial charge in [0.1, 0.15) is 10.3 Å². The number of halogens is 1. The molecule has 1 rings (SSSR count). The Labute approximate surface area is 110 Å². The molecule has 96 valence electrons. The van der Waals surface area contributed by atoms with Gasteiger partial charge in [0, 0.05) is 18.4 Å². The summed E-state index contributed by atoms with van der Waals surface area (Å²) in [4.78, 5) is 19.0. The summed E-state index contributed by atoms with van der Waals surface area (Å²) in [6.45, 7) is 9.29. The average molecular weight is 303 g/mol. The van der Waals surface area contributed by atoms with Gasteiger partial charge < -0.3 is 9.72 Å². The maximum Gasteiger partial charge on any atom is 0.265 e. The highest BCUT2D eigenvalue weighted by atomic mass is 79.9. The number of hydrogen-bond donors (Lipinski definition) is 1. The minimum absolute atomic E-state index is 0.128. The summed E-state index contributed by atoms with van der Waals surface area (Å²) in [6, 6.07) is 0. The molecule has 1 heterocycles. The fourth-order valence-electron chi connectivity index (χ4n) is 1.43. The highest BCUT2D eigenvalue weighted by Gasteiger charge is 2.21. The van der Waals surface area contributed by atoms with Crippen LogP contribution < -0.4 is 5.56 Å². The van der Waals surface area contributed by atoms with Gasteiger partial charge in [-0.1, -0.05) is 20.8 Å². The summed E-state index contributed by atoms with van der Waals surface area (Å²) < 4.78 is 5.78. The van der Waals surface area contributed by atoms with Crippen LogP contribution in [0.15, 0.2) is 9.27 Å². The topological polar surface area (TPSA) is 55.0 Å². The zero-order valence-electron chi connectivity index (χ0n) is 10.8. The van der Waals surface area contributed by atoms with Gasteiger partial charge in [0.25, 0.3) is 5.56 Å². The predicted octanol–water partition coefficient (Wildman–Crippen LogP) is 2.41. The molecule has 0 unspecified atom stereocenters. The van der Waals surface area contributed by atoms with Crippen LogP contribution in [-0.4, -0.2) is 23.2 Å². The molecule has 0 aliphatic rings. The molecular formula is C12H19BrN2O2. The first-order valence-electron chi connectivity index (χ1n) is 5.73. The van der Waals surface area contributed by atoms with Gasteiger partial charge in [0.15, 0.2) is 0 Å². The molecule has 1 aromatic heterocycles. The van der Waals surface area contributed by atoms with E-state index in [0.717, 1.165) is 5.69 Å². The molecule has 0 spiro atoms. The second-order valence-corrected chi connectivity index (χ2v) is 5.67. The molecule has 5 heteroatoms. The summed E-state index contributed by atoms with van der Waals surface area (Å²) in [5.74, 6) is 0.677. The van der Waals surface area contributed by atoms with Crippen molar-refractivity contribution in [2.24, 2.45) is 0 Å². The molecule has 0 aliphatic carbocycles. The molecular weight excluding hydrogens is 284 g/mol. The normalized spacial score (nSPS) is 11.8. The van der Waals surface area contributed by atoms with E-state index in [-0.39, 0.29) is 11.0 Å². The van der Waals surface area contributed by atoms with Crippen LogP contribution in [-0.2, 0) is 16.6 Å². The Hall–Kier alpha value is -0.680. The van der Waals surface area contributed by atoms with Crippen molar-refractivity contribution in [1.82, 2.24) is 9.97 Å². The van der Waals surface area contributed by atoms with Crippen LogP contribution in [0.1, 0.15) is 39.2 Å². The van der Waals surface area contributed by atoms with Crippen LogP contribution in [0.2, 0.25) is 0 Å². The molecule has 1 N–H and O–H groups in total. The molecule has 0 saturated heterocycles. The Balaban J connectivity index is 3.03. The third kappa shape index (κ3) is 3.92. The van der Waals surface area contributed by atoms with Crippen molar-refractivity contribution < 1.29 is 4.74 Å². The van der Waals surface area contributed by atoms with Gasteiger partial charge in [-0.25, -0.2) is 4.98 Å². The van der Waals surface area contributed by atoms with E-state index < -0.39 is 0 Å². The van der Waals surface area contributed by atoms with E-state index in [9.17, 15) is 4.79 Å².